The monoisotopic (exact) mass is 144 g/mol. The van der Waals surface area contributed by atoms with Crippen molar-refractivity contribution in [2.75, 3.05) is 0 Å². The molecule has 0 unspecified atom stereocenters. The van der Waals surface area contributed by atoms with Gasteiger partial charge in [0, 0.05) is 6.42 Å². The molecule has 0 aromatic rings. The summed E-state index contributed by atoms with van der Waals surface area (Å²) in [5.41, 5.74) is 2.21. The molecule has 0 aromatic carbocycles. The van der Waals surface area contributed by atoms with Crippen LogP contribution < -0.4 is 0 Å². The van der Waals surface area contributed by atoms with Crippen LogP contribution in [-0.2, 0) is 4.79 Å². The Morgan fingerprint density at radius 3 is 3.00 bits per heavy atom. The predicted molar refractivity (Wildman–Crippen MR) is 44.1 cm³/mol. The summed E-state index contributed by atoms with van der Waals surface area (Å²) in [6, 6.07) is 0. The lowest BCUT2D eigenvalue weighted by molar-refractivity contribution is -0.113. The normalized spacial score (nSPS) is 20.9. The van der Waals surface area contributed by atoms with Gasteiger partial charge in [0.05, 0.1) is 0 Å². The zero-order valence-electron chi connectivity index (χ0n) is 6.08. The molecular weight excluding hydrogens is 136 g/mol. The van der Waals surface area contributed by atoms with Crippen molar-refractivity contribution in [2.45, 2.75) is 6.42 Å². The third-order valence-corrected chi connectivity index (χ3v) is 1.85. The number of hydrogen-bond acceptors (Lipinski definition) is 1. The summed E-state index contributed by atoms with van der Waals surface area (Å²) in [6.45, 7) is 0. The lowest BCUT2D eigenvalue weighted by Crippen LogP contribution is -1.83. The van der Waals surface area contributed by atoms with Crippen LogP contribution in [0, 0.1) is 0 Å². The first kappa shape index (κ1) is 6.35. The van der Waals surface area contributed by atoms with Gasteiger partial charge in [0.2, 0.25) is 0 Å². The maximum absolute atomic E-state index is 10.9. The topological polar surface area (TPSA) is 17.1 Å². The summed E-state index contributed by atoms with van der Waals surface area (Å²) in [7, 11) is 0. The molecule has 11 heavy (non-hydrogen) atoms. The summed E-state index contributed by atoms with van der Waals surface area (Å²) in [6.07, 6.45) is 12.1. The summed E-state index contributed by atoms with van der Waals surface area (Å²) in [4.78, 5) is 10.9. The van der Waals surface area contributed by atoms with E-state index in [1.807, 2.05) is 30.4 Å². The molecule has 2 aliphatic rings. The van der Waals surface area contributed by atoms with E-state index in [1.54, 1.807) is 6.08 Å². The van der Waals surface area contributed by atoms with Gasteiger partial charge in [-0.15, -0.1) is 0 Å². The van der Waals surface area contributed by atoms with Crippen molar-refractivity contribution in [3.63, 3.8) is 0 Å². The highest BCUT2D eigenvalue weighted by Crippen LogP contribution is 2.24. The minimum Gasteiger partial charge on any atom is -0.294 e. The highest BCUT2D eigenvalue weighted by molar-refractivity contribution is 5.98. The Balaban J connectivity index is 2.46. The van der Waals surface area contributed by atoms with Crippen LogP contribution in [-0.4, -0.2) is 5.78 Å². The molecule has 1 nitrogen and oxygen atoms in total. The summed E-state index contributed by atoms with van der Waals surface area (Å²) in [5, 5.41) is 0. The lowest BCUT2D eigenvalue weighted by atomic mass is 10.1. The number of hydrogen-bond donors (Lipinski definition) is 0. The Morgan fingerprint density at radius 1 is 1.18 bits per heavy atom. The molecule has 0 saturated carbocycles. The van der Waals surface area contributed by atoms with E-state index in [0.717, 1.165) is 11.1 Å². The zero-order valence-corrected chi connectivity index (χ0v) is 6.08. The number of carbonyl (C=O) groups is 1. The Bertz CT molecular complexity index is 314. The first-order chi connectivity index (χ1) is 5.36. The highest BCUT2D eigenvalue weighted by Gasteiger charge is 2.15. The molecule has 2 rings (SSSR count). The SMILES string of the molecule is O=C1C=C2C=CC=CC=C2C1. The van der Waals surface area contributed by atoms with E-state index in [1.165, 1.54) is 0 Å². The summed E-state index contributed by atoms with van der Waals surface area (Å²) in [5.74, 6) is 0.214. The van der Waals surface area contributed by atoms with Crippen molar-refractivity contribution < 1.29 is 4.79 Å². The second kappa shape index (κ2) is 2.35. The second-order valence-corrected chi connectivity index (χ2v) is 2.68. The van der Waals surface area contributed by atoms with E-state index in [-0.39, 0.29) is 5.78 Å². The molecule has 54 valence electrons. The number of rotatable bonds is 0. The summed E-state index contributed by atoms with van der Waals surface area (Å²) >= 11 is 0. The Kier molecular flexibility index (Phi) is 1.35. The van der Waals surface area contributed by atoms with Crippen molar-refractivity contribution in [3.05, 3.63) is 47.6 Å². The average Bonchev–Trinajstić information content (AvgIpc) is 2.17. The number of carbonyl (C=O) groups excluding carboxylic acids is 1. The van der Waals surface area contributed by atoms with Gasteiger partial charge in [-0.25, -0.2) is 0 Å². The van der Waals surface area contributed by atoms with Gasteiger partial charge >= 0.3 is 0 Å². The molecule has 0 atom stereocenters. The molecule has 0 amide bonds. The molecule has 0 heterocycles. The molecule has 0 saturated heterocycles. The minimum absolute atomic E-state index is 0.214. The van der Waals surface area contributed by atoms with E-state index in [9.17, 15) is 4.79 Å². The van der Waals surface area contributed by atoms with Crippen LogP contribution in [0.25, 0.3) is 0 Å². The smallest absolute Gasteiger partial charge is 0.160 e. The van der Waals surface area contributed by atoms with Crippen molar-refractivity contribution in [3.8, 4) is 0 Å². The molecule has 0 spiro atoms. The fraction of sp³-hybridized carbons (Fsp3) is 0.100. The molecular formula is C10H8O. The molecule has 0 bridgehead atoms. The van der Waals surface area contributed by atoms with Crippen LogP contribution in [0.5, 0.6) is 0 Å². The number of ketones is 1. The Labute approximate surface area is 65.4 Å². The van der Waals surface area contributed by atoms with Gasteiger partial charge in [0.15, 0.2) is 5.78 Å². The van der Waals surface area contributed by atoms with Crippen LogP contribution in [0.4, 0.5) is 0 Å². The minimum atomic E-state index is 0.214. The molecule has 2 aliphatic carbocycles. The third kappa shape index (κ3) is 1.09. The number of allylic oxidation sites excluding steroid dienone is 8. The highest BCUT2D eigenvalue weighted by atomic mass is 16.1. The molecule has 0 fully saturated rings. The van der Waals surface area contributed by atoms with Crippen molar-refractivity contribution in [1.82, 2.24) is 0 Å². The quantitative estimate of drug-likeness (QED) is 0.507. The average molecular weight is 144 g/mol. The van der Waals surface area contributed by atoms with E-state index in [0.29, 0.717) is 6.42 Å². The molecule has 1 heteroatoms. The summed E-state index contributed by atoms with van der Waals surface area (Å²) < 4.78 is 0. The van der Waals surface area contributed by atoms with E-state index >= 15 is 0 Å². The molecule has 0 aliphatic heterocycles. The van der Waals surface area contributed by atoms with E-state index < -0.39 is 0 Å². The van der Waals surface area contributed by atoms with Crippen molar-refractivity contribution in [1.29, 1.82) is 0 Å². The van der Waals surface area contributed by atoms with Crippen LogP contribution >= 0.6 is 0 Å². The van der Waals surface area contributed by atoms with Crippen LogP contribution in [0.15, 0.2) is 47.6 Å². The fourth-order valence-corrected chi connectivity index (χ4v) is 1.31. The van der Waals surface area contributed by atoms with Gasteiger partial charge in [-0.1, -0.05) is 30.4 Å². The first-order valence-corrected chi connectivity index (χ1v) is 3.65. The maximum Gasteiger partial charge on any atom is 0.160 e. The number of fused-ring (bicyclic) bond motifs is 1. The fourth-order valence-electron chi connectivity index (χ4n) is 1.31. The lowest BCUT2D eigenvalue weighted by Gasteiger charge is -1.93. The van der Waals surface area contributed by atoms with E-state index in [4.69, 9.17) is 0 Å². The maximum atomic E-state index is 10.9. The first-order valence-electron chi connectivity index (χ1n) is 3.65. The van der Waals surface area contributed by atoms with E-state index in [2.05, 4.69) is 0 Å². The molecule has 0 N–H and O–H groups in total. The van der Waals surface area contributed by atoms with Gasteiger partial charge in [0.25, 0.3) is 0 Å². The van der Waals surface area contributed by atoms with Crippen LogP contribution in [0.1, 0.15) is 6.42 Å². The second-order valence-electron chi connectivity index (χ2n) is 2.68. The third-order valence-electron chi connectivity index (χ3n) is 1.85. The Morgan fingerprint density at radius 2 is 2.09 bits per heavy atom. The predicted octanol–water partition coefficient (Wildman–Crippen LogP) is 1.94. The van der Waals surface area contributed by atoms with Crippen LogP contribution in [0.2, 0.25) is 0 Å². The van der Waals surface area contributed by atoms with Gasteiger partial charge in [0.1, 0.15) is 0 Å². The largest absolute Gasteiger partial charge is 0.294 e. The zero-order chi connectivity index (χ0) is 7.68. The van der Waals surface area contributed by atoms with Crippen molar-refractivity contribution in [2.24, 2.45) is 0 Å². The molecule has 0 radical (unpaired) electrons. The van der Waals surface area contributed by atoms with Crippen LogP contribution in [0.3, 0.4) is 0 Å². The van der Waals surface area contributed by atoms with Gasteiger partial charge < -0.3 is 0 Å². The van der Waals surface area contributed by atoms with Gasteiger partial charge in [-0.3, -0.25) is 4.79 Å². The van der Waals surface area contributed by atoms with Crippen molar-refractivity contribution >= 4 is 5.78 Å². The Hall–Kier alpha value is -1.37. The van der Waals surface area contributed by atoms with Gasteiger partial charge in [-0.05, 0) is 17.2 Å². The standard InChI is InChI=1S/C10H8O/c11-10-6-8-4-2-1-3-5-9(8)7-10/h1-6H,7H2. The van der Waals surface area contributed by atoms with Gasteiger partial charge in [-0.2, -0.15) is 0 Å². The molecule has 0 aromatic heterocycles.